The number of aliphatic carboxylic acids is 1. The van der Waals surface area contributed by atoms with E-state index in [0.29, 0.717) is 38.6 Å². The Balaban J connectivity index is 0.0000110. The summed E-state index contributed by atoms with van der Waals surface area (Å²) >= 11 is 0. The average molecular weight is 660 g/mol. The number of carbonyl (C=O) groups excluding carboxylic acids is 4. The van der Waals surface area contributed by atoms with Crippen molar-refractivity contribution in [2.75, 3.05) is 19.6 Å². The first-order chi connectivity index (χ1) is 21.5. The predicted molar refractivity (Wildman–Crippen MR) is 185 cm³/mol. The van der Waals surface area contributed by atoms with E-state index in [-0.39, 0.29) is 69.6 Å². The Morgan fingerprint density at radius 3 is 2.04 bits per heavy atom. The lowest BCUT2D eigenvalue weighted by atomic mass is 9.81. The molecular weight excluding hydrogens is 598 g/mol. The third-order valence-corrected chi connectivity index (χ3v) is 9.03. The lowest BCUT2D eigenvalue weighted by Crippen LogP contribution is -2.57. The Morgan fingerprint density at radius 2 is 1.53 bits per heavy atom. The quantitative estimate of drug-likeness (QED) is 0.146. The molecule has 11 nitrogen and oxygen atoms in total. The first-order valence-corrected chi connectivity index (χ1v) is 16.6. The minimum absolute atomic E-state index is 0. The van der Waals surface area contributed by atoms with Crippen molar-refractivity contribution in [1.82, 2.24) is 10.2 Å². The molecule has 1 aliphatic heterocycles. The average Bonchev–Trinajstić information content (AvgIpc) is 2.99. The fourth-order valence-electron chi connectivity index (χ4n) is 5.87. The minimum Gasteiger partial charge on any atom is -0.480 e. The molecule has 4 atom stereocenters. The summed E-state index contributed by atoms with van der Waals surface area (Å²) in [5.74, 6) is -3.46. The highest BCUT2D eigenvalue weighted by Crippen LogP contribution is 2.26. The highest BCUT2D eigenvalue weighted by Gasteiger charge is 2.40. The van der Waals surface area contributed by atoms with Crippen LogP contribution < -0.4 is 22.5 Å². The molecule has 1 aromatic carbocycles. The molecule has 1 saturated heterocycles. The molecule has 2 rings (SSSR count). The van der Waals surface area contributed by atoms with Crippen LogP contribution in [0, 0.1) is 23.2 Å². The molecule has 0 bridgehead atoms. The van der Waals surface area contributed by atoms with Gasteiger partial charge in [0.15, 0.2) is 11.6 Å². The second-order valence-electron chi connectivity index (χ2n) is 14.5. The molecule has 0 aromatic heterocycles. The topological polar surface area (TPSA) is 199 Å². The first kappa shape index (κ1) is 41.9. The molecule has 1 aliphatic rings. The van der Waals surface area contributed by atoms with Crippen LogP contribution in [0.25, 0.3) is 0 Å². The summed E-state index contributed by atoms with van der Waals surface area (Å²) in [6.07, 6.45) is 2.61. The Hall–Kier alpha value is -3.15. The Morgan fingerprint density at radius 1 is 0.957 bits per heavy atom. The van der Waals surface area contributed by atoms with Crippen LogP contribution in [0.3, 0.4) is 0 Å². The molecule has 1 aromatic rings. The number of benzene rings is 1. The van der Waals surface area contributed by atoms with Crippen LogP contribution >= 0.6 is 0 Å². The molecule has 47 heavy (non-hydrogen) atoms. The Kier molecular flexibility index (Phi) is 16.9. The summed E-state index contributed by atoms with van der Waals surface area (Å²) in [7, 11) is 0. The lowest BCUT2D eigenvalue weighted by molar-refractivity contribution is -0.149. The second-order valence-corrected chi connectivity index (χ2v) is 14.5. The van der Waals surface area contributed by atoms with E-state index >= 15 is 0 Å². The molecule has 2 amide bonds. The summed E-state index contributed by atoms with van der Waals surface area (Å²) < 4.78 is 0. The maximum atomic E-state index is 13.9. The molecule has 0 spiro atoms. The fraction of sp³-hybridized carbons (Fsp3) is 0.694. The van der Waals surface area contributed by atoms with E-state index in [1.54, 1.807) is 4.90 Å². The monoisotopic (exact) mass is 659 g/mol. The Bertz CT molecular complexity index is 1170. The number of ketones is 2. The van der Waals surface area contributed by atoms with Gasteiger partial charge in [0.1, 0.15) is 5.54 Å². The SMILES string of the molecule is C.CC(C)C[C@@H](NC(=O)[C@H](CC(=O)C(N)C(C)(C)C)Cc1ccccc1)C(=O)C[C@H](CCCCN)C(=O)N1CCC(N)(C(=O)O)CC1. The standard InChI is InChI=1S/C35H57N5O6.CH4/c1-23(2)19-27(39-31(43)26(20-24-11-7-6-8-12-24)22-29(42)30(37)34(3,4)5)28(41)21-25(13-9-10-16-36)32(44)40-17-14-35(38,15-18-40)33(45)46;/h6-8,11-12,23,25-27,30H,9-10,13-22,36-38H2,1-5H3,(H,39,43)(H,45,46);1H4/t25-,26-,27+,30?;/m0./s1. The van der Waals surface area contributed by atoms with Gasteiger partial charge in [-0.05, 0) is 62.0 Å². The molecule has 11 heteroatoms. The van der Waals surface area contributed by atoms with Gasteiger partial charge in [-0.1, -0.05) is 78.8 Å². The number of unbranched alkanes of at least 4 members (excludes halogenated alkanes) is 1. The number of carboxylic acid groups (broad SMARTS) is 1. The van der Waals surface area contributed by atoms with Crippen molar-refractivity contribution in [3.63, 3.8) is 0 Å². The van der Waals surface area contributed by atoms with Crippen LogP contribution in [0.5, 0.6) is 0 Å². The number of Topliss-reactive ketones (excluding diaryl/α,β-unsaturated/α-hetero) is 2. The molecule has 1 heterocycles. The number of hydrogen-bond donors (Lipinski definition) is 5. The molecule has 0 saturated carbocycles. The highest BCUT2D eigenvalue weighted by atomic mass is 16.4. The van der Waals surface area contributed by atoms with E-state index in [4.69, 9.17) is 17.2 Å². The summed E-state index contributed by atoms with van der Waals surface area (Å²) in [5, 5.41) is 12.4. The third-order valence-electron chi connectivity index (χ3n) is 9.03. The van der Waals surface area contributed by atoms with Gasteiger partial charge >= 0.3 is 5.97 Å². The normalized spacial score (nSPS) is 17.2. The summed E-state index contributed by atoms with van der Waals surface area (Å²) in [6, 6.07) is 7.83. The molecule has 8 N–H and O–H groups in total. The number of nitrogens with one attached hydrogen (secondary N) is 1. The molecule has 0 aliphatic carbocycles. The van der Waals surface area contributed by atoms with Gasteiger partial charge in [-0.15, -0.1) is 0 Å². The first-order valence-electron chi connectivity index (χ1n) is 16.6. The van der Waals surface area contributed by atoms with Gasteiger partial charge in [0.05, 0.1) is 12.1 Å². The van der Waals surface area contributed by atoms with E-state index in [0.717, 1.165) is 5.56 Å². The lowest BCUT2D eigenvalue weighted by Gasteiger charge is -2.38. The van der Waals surface area contributed by atoms with E-state index in [1.807, 2.05) is 65.0 Å². The van der Waals surface area contributed by atoms with Crippen molar-refractivity contribution >= 4 is 29.4 Å². The number of rotatable bonds is 18. The molecule has 1 unspecified atom stereocenters. The van der Waals surface area contributed by atoms with Crippen molar-refractivity contribution in [2.24, 2.45) is 40.4 Å². The van der Waals surface area contributed by atoms with Gasteiger partial charge in [0.25, 0.3) is 0 Å². The van der Waals surface area contributed by atoms with Crippen LogP contribution in [0.4, 0.5) is 0 Å². The van der Waals surface area contributed by atoms with Gasteiger partial charge in [-0.3, -0.25) is 24.0 Å². The highest BCUT2D eigenvalue weighted by molar-refractivity contribution is 5.95. The van der Waals surface area contributed by atoms with Crippen molar-refractivity contribution in [1.29, 1.82) is 0 Å². The summed E-state index contributed by atoms with van der Waals surface area (Å²) in [5.41, 5.74) is 17.0. The number of carbonyl (C=O) groups is 5. The van der Waals surface area contributed by atoms with Crippen LogP contribution in [0.15, 0.2) is 30.3 Å². The number of nitrogens with two attached hydrogens (primary N) is 3. The fourth-order valence-corrected chi connectivity index (χ4v) is 5.87. The number of likely N-dealkylation sites (tertiary alicyclic amines) is 1. The maximum absolute atomic E-state index is 13.9. The van der Waals surface area contributed by atoms with Gasteiger partial charge in [-0.25, -0.2) is 0 Å². The van der Waals surface area contributed by atoms with Crippen LogP contribution in [-0.4, -0.2) is 76.6 Å². The zero-order valence-electron chi connectivity index (χ0n) is 28.4. The van der Waals surface area contributed by atoms with Crippen molar-refractivity contribution in [3.8, 4) is 0 Å². The van der Waals surface area contributed by atoms with E-state index in [2.05, 4.69) is 5.32 Å². The Labute approximate surface area is 281 Å². The van der Waals surface area contributed by atoms with Crippen LogP contribution in [-0.2, 0) is 30.4 Å². The van der Waals surface area contributed by atoms with E-state index in [1.165, 1.54) is 0 Å². The summed E-state index contributed by atoms with van der Waals surface area (Å²) in [6.45, 7) is 10.4. The largest absolute Gasteiger partial charge is 0.480 e. The number of amides is 2. The van der Waals surface area contributed by atoms with Crippen molar-refractivity contribution in [2.45, 2.75) is 117 Å². The van der Waals surface area contributed by atoms with E-state index in [9.17, 15) is 29.1 Å². The zero-order valence-corrected chi connectivity index (χ0v) is 28.4. The van der Waals surface area contributed by atoms with Gasteiger partial charge < -0.3 is 32.5 Å². The second kappa shape index (κ2) is 19.0. The third kappa shape index (κ3) is 13.1. The van der Waals surface area contributed by atoms with Crippen LogP contribution in [0.2, 0.25) is 0 Å². The molecule has 0 radical (unpaired) electrons. The van der Waals surface area contributed by atoms with Gasteiger partial charge in [-0.2, -0.15) is 0 Å². The van der Waals surface area contributed by atoms with Crippen LogP contribution in [0.1, 0.15) is 99.0 Å². The van der Waals surface area contributed by atoms with Crippen molar-refractivity contribution < 1.29 is 29.1 Å². The van der Waals surface area contributed by atoms with Gasteiger partial charge in [0.2, 0.25) is 11.8 Å². The molecule has 266 valence electrons. The maximum Gasteiger partial charge on any atom is 0.323 e. The number of nitrogens with zero attached hydrogens (tertiary/aromatic N) is 1. The molecular formula is C36H61N5O6. The van der Waals surface area contributed by atoms with Gasteiger partial charge in [0, 0.05) is 37.8 Å². The van der Waals surface area contributed by atoms with Crippen molar-refractivity contribution in [3.05, 3.63) is 35.9 Å². The minimum atomic E-state index is -1.37. The summed E-state index contributed by atoms with van der Waals surface area (Å²) in [4.78, 5) is 67.8. The number of carboxylic acids is 1. The zero-order chi connectivity index (χ0) is 34.7. The number of piperidine rings is 1. The predicted octanol–water partition coefficient (Wildman–Crippen LogP) is 3.45. The smallest absolute Gasteiger partial charge is 0.323 e. The number of hydrogen-bond acceptors (Lipinski definition) is 8. The van der Waals surface area contributed by atoms with E-state index < -0.39 is 46.7 Å². The molecule has 1 fully saturated rings.